The van der Waals surface area contributed by atoms with E-state index < -0.39 is 48.1 Å². The maximum absolute atomic E-state index is 13.0. The number of alkyl carbamates (subject to hydrolysis) is 1. The third-order valence-corrected chi connectivity index (χ3v) is 6.91. The Labute approximate surface area is 281 Å². The largest absolute Gasteiger partial charge is 0.445 e. The van der Waals surface area contributed by atoms with Crippen molar-refractivity contribution in [2.24, 2.45) is 10.7 Å². The van der Waals surface area contributed by atoms with Crippen molar-refractivity contribution in [1.29, 1.82) is 0 Å². The van der Waals surface area contributed by atoms with Crippen molar-refractivity contribution in [1.82, 2.24) is 15.3 Å². The summed E-state index contributed by atoms with van der Waals surface area (Å²) in [6.07, 6.45) is -3.53. The molecule has 1 atom stereocenters. The fraction of sp³-hybridized carbons (Fsp3) is 0.265. The Balaban J connectivity index is 1.40. The van der Waals surface area contributed by atoms with E-state index in [-0.39, 0.29) is 52.0 Å². The number of ether oxygens (including phenoxy) is 3. The first-order valence-electron chi connectivity index (χ1n) is 15.3. The molecule has 15 heteroatoms. The highest BCUT2D eigenvalue weighted by molar-refractivity contribution is 6.07. The molecule has 1 saturated heterocycles. The first-order chi connectivity index (χ1) is 23.7. The number of nitrogens with one attached hydrogen (secondary N) is 1. The van der Waals surface area contributed by atoms with Crippen LogP contribution < -0.4 is 11.1 Å². The number of hydroxylamine groups is 2. The number of carbonyl (C=O) groups is 6. The summed E-state index contributed by atoms with van der Waals surface area (Å²) in [7, 11) is 0. The highest BCUT2D eigenvalue weighted by atomic mass is 16.7. The molecule has 1 aliphatic heterocycles. The number of guanidine groups is 1. The summed E-state index contributed by atoms with van der Waals surface area (Å²) in [6, 6.07) is 25.0. The molecule has 0 saturated carbocycles. The van der Waals surface area contributed by atoms with Crippen molar-refractivity contribution in [3.8, 4) is 0 Å². The first-order valence-corrected chi connectivity index (χ1v) is 15.3. The van der Waals surface area contributed by atoms with E-state index in [1.165, 1.54) is 0 Å². The second-order valence-electron chi connectivity index (χ2n) is 10.5. The molecule has 0 aliphatic carbocycles. The molecule has 0 aromatic heterocycles. The Morgan fingerprint density at radius 3 is 1.65 bits per heavy atom. The van der Waals surface area contributed by atoms with Gasteiger partial charge in [0.15, 0.2) is 0 Å². The summed E-state index contributed by atoms with van der Waals surface area (Å²) in [6.45, 7) is -0.554. The van der Waals surface area contributed by atoms with Crippen molar-refractivity contribution in [2.75, 3.05) is 6.54 Å². The van der Waals surface area contributed by atoms with Gasteiger partial charge in [0.1, 0.15) is 25.9 Å². The summed E-state index contributed by atoms with van der Waals surface area (Å²) in [5.41, 5.74) is 8.08. The molecule has 15 nitrogen and oxygen atoms in total. The zero-order valence-corrected chi connectivity index (χ0v) is 26.4. The van der Waals surface area contributed by atoms with E-state index >= 15 is 0 Å². The van der Waals surface area contributed by atoms with Crippen LogP contribution in [0.4, 0.5) is 14.4 Å². The third-order valence-electron chi connectivity index (χ3n) is 6.91. The third kappa shape index (κ3) is 11.2. The van der Waals surface area contributed by atoms with Crippen LogP contribution in [0.5, 0.6) is 0 Å². The number of amides is 5. The number of hydrogen-bond acceptors (Lipinski definition) is 11. The van der Waals surface area contributed by atoms with Gasteiger partial charge in [-0.15, -0.1) is 9.96 Å². The molecule has 256 valence electrons. The van der Waals surface area contributed by atoms with Crippen molar-refractivity contribution in [3.63, 3.8) is 0 Å². The number of carbonyl (C=O) groups excluding carboxylic acids is 6. The maximum Gasteiger partial charge on any atom is 0.426 e. The van der Waals surface area contributed by atoms with Crippen LogP contribution in [0.15, 0.2) is 96.0 Å². The fourth-order valence-electron chi connectivity index (χ4n) is 4.36. The van der Waals surface area contributed by atoms with Gasteiger partial charge in [-0.25, -0.2) is 19.2 Å². The summed E-state index contributed by atoms with van der Waals surface area (Å²) in [5, 5.41) is 2.74. The Bertz CT molecular complexity index is 1570. The van der Waals surface area contributed by atoms with Gasteiger partial charge in [-0.05, 0) is 29.5 Å². The predicted molar refractivity (Wildman–Crippen MR) is 172 cm³/mol. The SMILES string of the molecule is NC(=NCCC[C@H](NC(=O)OCc1ccccc1)C(=O)ON1C(=O)CCC1=O)N(C(=O)OCc1ccccc1)C(=O)OCc1ccccc1. The summed E-state index contributed by atoms with van der Waals surface area (Å²) < 4.78 is 15.8. The van der Waals surface area contributed by atoms with Crippen molar-refractivity contribution in [2.45, 2.75) is 51.5 Å². The van der Waals surface area contributed by atoms with Gasteiger partial charge in [0.25, 0.3) is 11.8 Å². The van der Waals surface area contributed by atoms with Crippen LogP contribution in [0, 0.1) is 0 Å². The highest BCUT2D eigenvalue weighted by Gasteiger charge is 2.35. The number of nitrogens with zero attached hydrogens (tertiary/aromatic N) is 3. The molecule has 3 aromatic rings. The van der Waals surface area contributed by atoms with Crippen LogP contribution in [0.25, 0.3) is 0 Å². The average molecular weight is 674 g/mol. The van der Waals surface area contributed by atoms with E-state index in [2.05, 4.69) is 10.3 Å². The van der Waals surface area contributed by atoms with Crippen molar-refractivity contribution >= 4 is 42.0 Å². The lowest BCUT2D eigenvalue weighted by Gasteiger charge is -2.20. The Morgan fingerprint density at radius 1 is 0.735 bits per heavy atom. The van der Waals surface area contributed by atoms with Crippen molar-refractivity contribution < 1.29 is 47.8 Å². The van der Waals surface area contributed by atoms with Gasteiger partial charge < -0.3 is 30.1 Å². The predicted octanol–water partition coefficient (Wildman–Crippen LogP) is 3.96. The van der Waals surface area contributed by atoms with Crippen LogP contribution in [0.2, 0.25) is 0 Å². The molecule has 3 N–H and O–H groups in total. The second-order valence-corrected chi connectivity index (χ2v) is 10.5. The Morgan fingerprint density at radius 2 is 1.18 bits per heavy atom. The summed E-state index contributed by atoms with van der Waals surface area (Å²) in [5.74, 6) is -3.02. The van der Waals surface area contributed by atoms with E-state index in [1.54, 1.807) is 91.0 Å². The van der Waals surface area contributed by atoms with E-state index in [4.69, 9.17) is 24.8 Å². The number of rotatable bonds is 13. The zero-order valence-electron chi connectivity index (χ0n) is 26.4. The minimum absolute atomic E-state index is 0.0489. The van der Waals surface area contributed by atoms with Gasteiger partial charge in [0.2, 0.25) is 5.96 Å². The molecule has 4 rings (SSSR count). The standard InChI is InChI=1S/C34H35N5O10/c35-31(38(33(44)47-22-25-13-6-2-7-14-25)34(45)48-23-26-15-8-3-9-16-26)36-20-10-17-27(30(42)49-39-28(40)18-19-29(39)41)37-32(43)46-21-24-11-4-1-5-12-24/h1-9,11-16,27H,10,17-23H2,(H2,35,36)(H,37,43)/t27-/m0/s1. The molecule has 49 heavy (non-hydrogen) atoms. The number of hydrogen-bond donors (Lipinski definition) is 2. The summed E-state index contributed by atoms with van der Waals surface area (Å²) in [4.78, 5) is 85.1. The lowest BCUT2D eigenvalue weighted by atomic mass is 10.1. The smallest absolute Gasteiger partial charge is 0.426 e. The first kappa shape index (κ1) is 35.6. The average Bonchev–Trinajstić information content (AvgIpc) is 3.43. The van der Waals surface area contributed by atoms with Crippen LogP contribution in [0.1, 0.15) is 42.4 Å². The number of imide groups is 2. The molecular weight excluding hydrogens is 638 g/mol. The zero-order chi connectivity index (χ0) is 35.0. The maximum atomic E-state index is 13.0. The molecule has 3 aromatic carbocycles. The highest BCUT2D eigenvalue weighted by Crippen LogP contribution is 2.14. The van der Waals surface area contributed by atoms with E-state index in [9.17, 15) is 28.8 Å². The quantitative estimate of drug-likeness (QED) is 0.0876. The van der Waals surface area contributed by atoms with Gasteiger partial charge in [-0.2, -0.15) is 0 Å². The number of nitrogens with two attached hydrogens (primary N) is 1. The number of aliphatic imine (C=N–C) groups is 1. The summed E-state index contributed by atoms with van der Waals surface area (Å²) >= 11 is 0. The molecule has 0 radical (unpaired) electrons. The Hall–Kier alpha value is -6.25. The molecule has 0 bridgehead atoms. The molecule has 0 spiro atoms. The van der Waals surface area contributed by atoms with E-state index in [0.29, 0.717) is 26.7 Å². The molecule has 1 aliphatic rings. The van der Waals surface area contributed by atoms with Crippen molar-refractivity contribution in [3.05, 3.63) is 108 Å². The molecular formula is C34H35N5O10. The minimum Gasteiger partial charge on any atom is -0.445 e. The van der Waals surface area contributed by atoms with Gasteiger partial charge >= 0.3 is 24.2 Å². The van der Waals surface area contributed by atoms with Crippen LogP contribution in [0.3, 0.4) is 0 Å². The molecule has 1 heterocycles. The fourth-order valence-corrected chi connectivity index (χ4v) is 4.36. The minimum atomic E-state index is -1.37. The molecule has 5 amide bonds. The van der Waals surface area contributed by atoms with E-state index in [0.717, 1.165) is 0 Å². The van der Waals surface area contributed by atoms with Crippen LogP contribution in [-0.4, -0.2) is 64.6 Å². The van der Waals surface area contributed by atoms with E-state index in [1.807, 2.05) is 0 Å². The van der Waals surface area contributed by atoms with Gasteiger partial charge in [0.05, 0.1) is 0 Å². The monoisotopic (exact) mass is 673 g/mol. The second kappa shape index (κ2) is 18.2. The topological polar surface area (TPSA) is 196 Å². The lowest BCUT2D eigenvalue weighted by Crippen LogP contribution is -2.47. The van der Waals surface area contributed by atoms with Gasteiger partial charge in [-0.1, -0.05) is 91.0 Å². The van der Waals surface area contributed by atoms with Crippen LogP contribution >= 0.6 is 0 Å². The molecule has 0 unspecified atom stereocenters. The lowest BCUT2D eigenvalue weighted by molar-refractivity contribution is -0.199. The normalized spacial score (nSPS) is 13.3. The number of benzene rings is 3. The van der Waals surface area contributed by atoms with Crippen LogP contribution in [-0.2, 0) is 53.3 Å². The molecule has 1 fully saturated rings. The van der Waals surface area contributed by atoms with Gasteiger partial charge in [0, 0.05) is 19.4 Å². The van der Waals surface area contributed by atoms with Gasteiger partial charge in [-0.3, -0.25) is 14.6 Å². The Kier molecular flexibility index (Phi) is 13.2.